The van der Waals surface area contributed by atoms with Crippen molar-refractivity contribution in [2.75, 3.05) is 17.1 Å². The third-order valence-corrected chi connectivity index (χ3v) is 9.68. The number of nitrogens with one attached hydrogen (secondary N) is 1. The molecular formula is C35H39N3O4S2. The Morgan fingerprint density at radius 3 is 1.91 bits per heavy atom. The van der Waals surface area contributed by atoms with Crippen molar-refractivity contribution in [1.29, 1.82) is 0 Å². The molecule has 0 heterocycles. The molecule has 1 N–H and O–H groups in total. The fourth-order valence-corrected chi connectivity index (χ4v) is 6.65. The number of amides is 2. The average Bonchev–Trinajstić information content (AvgIpc) is 3.02. The number of hydrogen-bond donors (Lipinski definition) is 1. The highest BCUT2D eigenvalue weighted by Gasteiger charge is 2.34. The maximum Gasteiger partial charge on any atom is 0.264 e. The lowest BCUT2D eigenvalue weighted by Gasteiger charge is -2.34. The van der Waals surface area contributed by atoms with E-state index in [1.807, 2.05) is 99.8 Å². The summed E-state index contributed by atoms with van der Waals surface area (Å²) in [6, 6.07) is 31.6. The van der Waals surface area contributed by atoms with Gasteiger partial charge in [-0.1, -0.05) is 78.4 Å². The van der Waals surface area contributed by atoms with Crippen LogP contribution in [0.3, 0.4) is 0 Å². The zero-order chi connectivity index (χ0) is 31.7. The van der Waals surface area contributed by atoms with Gasteiger partial charge in [0.1, 0.15) is 12.6 Å². The van der Waals surface area contributed by atoms with Gasteiger partial charge in [0.15, 0.2) is 0 Å². The van der Waals surface area contributed by atoms with Gasteiger partial charge in [0.2, 0.25) is 11.8 Å². The van der Waals surface area contributed by atoms with Crippen LogP contribution in [0.25, 0.3) is 0 Å². The van der Waals surface area contributed by atoms with Crippen molar-refractivity contribution in [3.8, 4) is 0 Å². The summed E-state index contributed by atoms with van der Waals surface area (Å²) in [5.74, 6) is -0.788. The Morgan fingerprint density at radius 1 is 0.795 bits per heavy atom. The van der Waals surface area contributed by atoms with Gasteiger partial charge in [-0.05, 0) is 74.6 Å². The van der Waals surface area contributed by atoms with Gasteiger partial charge < -0.3 is 10.2 Å². The fourth-order valence-electron chi connectivity index (χ4n) is 4.83. The summed E-state index contributed by atoms with van der Waals surface area (Å²) in [5, 5.41) is 2.98. The molecule has 7 nitrogen and oxygen atoms in total. The first-order chi connectivity index (χ1) is 21.1. The van der Waals surface area contributed by atoms with Gasteiger partial charge in [-0.2, -0.15) is 0 Å². The minimum atomic E-state index is -4.14. The third-order valence-electron chi connectivity index (χ3n) is 7.15. The summed E-state index contributed by atoms with van der Waals surface area (Å²) in [6.07, 6.45) is 2.19. The van der Waals surface area contributed by atoms with Gasteiger partial charge in [-0.3, -0.25) is 13.9 Å². The predicted octanol–water partition coefficient (Wildman–Crippen LogP) is 6.08. The molecule has 4 aromatic rings. The first-order valence-corrected chi connectivity index (χ1v) is 17.2. The molecule has 0 saturated carbocycles. The van der Waals surface area contributed by atoms with Crippen molar-refractivity contribution < 1.29 is 18.0 Å². The van der Waals surface area contributed by atoms with E-state index in [4.69, 9.17) is 0 Å². The second kappa shape index (κ2) is 15.1. The molecule has 4 aromatic carbocycles. The number of carbonyl (C=O) groups is 2. The molecule has 0 aliphatic rings. The highest BCUT2D eigenvalue weighted by molar-refractivity contribution is 7.98. The number of carbonyl (C=O) groups excluding carboxylic acids is 2. The van der Waals surface area contributed by atoms with E-state index in [1.165, 1.54) is 16.7 Å². The van der Waals surface area contributed by atoms with Crippen molar-refractivity contribution in [3.05, 3.63) is 126 Å². The zero-order valence-electron chi connectivity index (χ0n) is 25.5. The topological polar surface area (TPSA) is 86.8 Å². The van der Waals surface area contributed by atoms with Gasteiger partial charge in [0.25, 0.3) is 10.0 Å². The second-order valence-electron chi connectivity index (χ2n) is 10.9. The number of anilines is 1. The number of hydrogen-bond acceptors (Lipinski definition) is 5. The lowest BCUT2D eigenvalue weighted by Crippen LogP contribution is -2.54. The highest BCUT2D eigenvalue weighted by atomic mass is 32.2. The van der Waals surface area contributed by atoms with E-state index in [1.54, 1.807) is 36.4 Å². The average molecular weight is 630 g/mol. The zero-order valence-corrected chi connectivity index (χ0v) is 27.1. The van der Waals surface area contributed by atoms with E-state index < -0.39 is 28.5 Å². The number of sulfonamides is 1. The minimum Gasteiger partial charge on any atom is -0.352 e. The van der Waals surface area contributed by atoms with Crippen LogP contribution in [0.1, 0.15) is 30.5 Å². The number of nitrogens with zero attached hydrogens (tertiary/aromatic N) is 2. The minimum absolute atomic E-state index is 0.0803. The van der Waals surface area contributed by atoms with Crippen molar-refractivity contribution in [1.82, 2.24) is 10.2 Å². The van der Waals surface area contributed by atoms with E-state index in [0.717, 1.165) is 25.9 Å². The standard InChI is InChI=1S/C35H39N3O4S2/c1-26(2)36-35(40)33(23-28-11-7-5-8-12-28)37(24-29-13-9-6-10-14-29)34(39)25-38(30-17-15-27(3)16-18-30)44(41,42)32-21-19-31(43-4)20-22-32/h5-22,26,33H,23-25H2,1-4H3,(H,36,40)/t33-/m1/s1. The largest absolute Gasteiger partial charge is 0.352 e. The maximum atomic E-state index is 14.4. The number of thioether (sulfide) groups is 1. The lowest BCUT2D eigenvalue weighted by molar-refractivity contribution is -0.140. The Hall–Kier alpha value is -4.08. The molecule has 0 fully saturated rings. The molecule has 0 saturated heterocycles. The number of aryl methyl sites for hydroxylation is 1. The molecule has 2 amide bonds. The van der Waals surface area contributed by atoms with Crippen LogP contribution in [0.4, 0.5) is 5.69 Å². The van der Waals surface area contributed by atoms with Gasteiger partial charge in [-0.15, -0.1) is 11.8 Å². The smallest absolute Gasteiger partial charge is 0.264 e. The first kappa shape index (κ1) is 32.8. The third kappa shape index (κ3) is 8.51. The van der Waals surface area contributed by atoms with Gasteiger partial charge in [0.05, 0.1) is 10.6 Å². The van der Waals surface area contributed by atoms with Crippen molar-refractivity contribution in [3.63, 3.8) is 0 Å². The predicted molar refractivity (Wildman–Crippen MR) is 178 cm³/mol. The first-order valence-electron chi connectivity index (χ1n) is 14.5. The maximum absolute atomic E-state index is 14.4. The summed E-state index contributed by atoms with van der Waals surface area (Å²) in [7, 11) is -4.14. The van der Waals surface area contributed by atoms with Gasteiger partial charge in [-0.25, -0.2) is 8.42 Å². The van der Waals surface area contributed by atoms with Crippen LogP contribution >= 0.6 is 11.8 Å². The Labute approximate surface area is 265 Å². The lowest BCUT2D eigenvalue weighted by atomic mass is 10.0. The molecular weight excluding hydrogens is 591 g/mol. The van der Waals surface area contributed by atoms with Crippen LogP contribution in [0.2, 0.25) is 0 Å². The van der Waals surface area contributed by atoms with E-state index in [9.17, 15) is 18.0 Å². The molecule has 0 unspecified atom stereocenters. The Bertz CT molecular complexity index is 1630. The van der Waals surface area contributed by atoms with Gasteiger partial charge in [0, 0.05) is 23.9 Å². The van der Waals surface area contributed by atoms with E-state index in [0.29, 0.717) is 5.69 Å². The quantitative estimate of drug-likeness (QED) is 0.181. The highest BCUT2D eigenvalue weighted by Crippen LogP contribution is 2.27. The summed E-state index contributed by atoms with van der Waals surface area (Å²) in [6.45, 7) is 5.30. The van der Waals surface area contributed by atoms with Crippen LogP contribution in [-0.4, -0.2) is 50.0 Å². The van der Waals surface area contributed by atoms with Gasteiger partial charge >= 0.3 is 0 Å². The van der Waals surface area contributed by atoms with Crippen LogP contribution in [0, 0.1) is 6.92 Å². The molecule has 9 heteroatoms. The Kier molecular flexibility index (Phi) is 11.3. The fraction of sp³-hybridized carbons (Fsp3) is 0.257. The van der Waals surface area contributed by atoms with E-state index in [2.05, 4.69) is 5.32 Å². The summed E-state index contributed by atoms with van der Waals surface area (Å²) < 4.78 is 29.4. The summed E-state index contributed by atoms with van der Waals surface area (Å²) >= 11 is 1.51. The molecule has 1 atom stereocenters. The molecule has 0 spiro atoms. The monoisotopic (exact) mass is 629 g/mol. The molecule has 0 aliphatic carbocycles. The van der Waals surface area contributed by atoms with Crippen LogP contribution in [0.5, 0.6) is 0 Å². The Morgan fingerprint density at radius 2 is 1.36 bits per heavy atom. The van der Waals surface area contributed by atoms with E-state index >= 15 is 0 Å². The number of rotatable bonds is 13. The molecule has 0 radical (unpaired) electrons. The number of benzene rings is 4. The van der Waals surface area contributed by atoms with Crippen molar-refractivity contribution in [2.24, 2.45) is 0 Å². The molecule has 0 aliphatic heterocycles. The van der Waals surface area contributed by atoms with E-state index in [-0.39, 0.29) is 29.8 Å². The normalized spacial score (nSPS) is 12.0. The van der Waals surface area contributed by atoms with Crippen LogP contribution in [0.15, 0.2) is 119 Å². The molecule has 0 bridgehead atoms. The Balaban J connectivity index is 1.78. The molecule has 230 valence electrons. The van der Waals surface area contributed by atoms with Crippen molar-refractivity contribution in [2.45, 2.75) is 55.6 Å². The summed E-state index contributed by atoms with van der Waals surface area (Å²) in [4.78, 5) is 30.7. The van der Waals surface area contributed by atoms with Crippen LogP contribution < -0.4 is 9.62 Å². The summed E-state index contributed by atoms with van der Waals surface area (Å²) in [5.41, 5.74) is 3.04. The van der Waals surface area contributed by atoms with Crippen molar-refractivity contribution >= 4 is 39.3 Å². The second-order valence-corrected chi connectivity index (χ2v) is 13.6. The molecule has 0 aromatic heterocycles. The molecule has 44 heavy (non-hydrogen) atoms. The SMILES string of the molecule is CSc1ccc(S(=O)(=O)N(CC(=O)N(Cc2ccccc2)[C@H](Cc2ccccc2)C(=O)NC(C)C)c2ccc(C)cc2)cc1. The van der Waals surface area contributed by atoms with Crippen LogP contribution in [-0.2, 0) is 32.6 Å². The molecule has 4 rings (SSSR count).